The van der Waals surface area contributed by atoms with Crippen LogP contribution in [-0.2, 0) is 0 Å². The minimum atomic E-state index is -0.406. The van der Waals surface area contributed by atoms with Crippen molar-refractivity contribution in [2.75, 3.05) is 6.61 Å². The Morgan fingerprint density at radius 1 is 1.24 bits per heavy atom. The van der Waals surface area contributed by atoms with Gasteiger partial charge in [0, 0.05) is 17.7 Å². The molecule has 0 spiro atoms. The highest BCUT2D eigenvalue weighted by molar-refractivity contribution is 7.21. The molecule has 106 valence electrons. The normalized spacial score (nSPS) is 10.7. The molecule has 6 heteroatoms. The fraction of sp³-hybridized carbons (Fsp3) is 0.133. The van der Waals surface area contributed by atoms with Crippen LogP contribution in [-0.4, -0.2) is 16.5 Å². The Kier molecular flexibility index (Phi) is 3.53. The average molecular weight is 300 g/mol. The molecular weight excluding hydrogens is 288 g/mol. The van der Waals surface area contributed by atoms with E-state index in [0.29, 0.717) is 6.61 Å². The first-order valence-corrected chi connectivity index (χ1v) is 7.27. The standard InChI is InChI=1S/C15H12N2O3S/c1-2-20-12-7-8-13-14(9-12)21-15(16-13)10-3-5-11(6-4-10)17(18)19/h3-9H,2H2,1H3. The Balaban J connectivity index is 1.98. The fourth-order valence-electron chi connectivity index (χ4n) is 2.01. The predicted octanol–water partition coefficient (Wildman–Crippen LogP) is 4.27. The van der Waals surface area contributed by atoms with Crippen LogP contribution in [0.4, 0.5) is 5.69 Å². The summed E-state index contributed by atoms with van der Waals surface area (Å²) in [4.78, 5) is 14.8. The molecule has 0 saturated carbocycles. The molecule has 21 heavy (non-hydrogen) atoms. The van der Waals surface area contributed by atoms with E-state index in [0.717, 1.165) is 26.5 Å². The molecule has 2 aromatic carbocycles. The molecule has 0 atom stereocenters. The minimum absolute atomic E-state index is 0.0819. The molecule has 0 unspecified atom stereocenters. The van der Waals surface area contributed by atoms with Gasteiger partial charge in [-0.3, -0.25) is 10.1 Å². The lowest BCUT2D eigenvalue weighted by molar-refractivity contribution is -0.384. The monoisotopic (exact) mass is 300 g/mol. The molecule has 1 heterocycles. The summed E-state index contributed by atoms with van der Waals surface area (Å²) < 4.78 is 6.51. The highest BCUT2D eigenvalue weighted by Crippen LogP contribution is 2.32. The average Bonchev–Trinajstić information content (AvgIpc) is 2.91. The van der Waals surface area contributed by atoms with Crippen LogP contribution in [0.25, 0.3) is 20.8 Å². The maximum Gasteiger partial charge on any atom is 0.269 e. The zero-order valence-corrected chi connectivity index (χ0v) is 12.1. The van der Waals surface area contributed by atoms with Gasteiger partial charge in [0.25, 0.3) is 5.69 Å². The van der Waals surface area contributed by atoms with Gasteiger partial charge in [-0.25, -0.2) is 4.98 Å². The summed E-state index contributed by atoms with van der Waals surface area (Å²) in [5, 5.41) is 11.5. The van der Waals surface area contributed by atoms with Crippen molar-refractivity contribution in [3.05, 3.63) is 52.6 Å². The van der Waals surface area contributed by atoms with Gasteiger partial charge in [-0.1, -0.05) is 0 Å². The lowest BCUT2D eigenvalue weighted by Gasteiger charge is -2.00. The van der Waals surface area contributed by atoms with Crippen LogP contribution in [0.15, 0.2) is 42.5 Å². The number of nitrogens with zero attached hydrogens (tertiary/aromatic N) is 2. The van der Waals surface area contributed by atoms with E-state index in [1.54, 1.807) is 23.5 Å². The van der Waals surface area contributed by atoms with Crippen LogP contribution in [0.2, 0.25) is 0 Å². The first kappa shape index (κ1) is 13.5. The number of hydrogen-bond acceptors (Lipinski definition) is 5. The van der Waals surface area contributed by atoms with Crippen LogP contribution in [0.3, 0.4) is 0 Å². The molecule has 0 bridgehead atoms. The van der Waals surface area contributed by atoms with Crippen molar-refractivity contribution in [1.82, 2.24) is 4.98 Å². The molecule has 0 N–H and O–H groups in total. The lowest BCUT2D eigenvalue weighted by atomic mass is 10.2. The Labute approximate surface area is 125 Å². The van der Waals surface area contributed by atoms with E-state index in [1.165, 1.54) is 12.1 Å². The third-order valence-corrected chi connectivity index (χ3v) is 4.06. The van der Waals surface area contributed by atoms with Gasteiger partial charge < -0.3 is 4.74 Å². The molecule has 5 nitrogen and oxygen atoms in total. The summed E-state index contributed by atoms with van der Waals surface area (Å²) in [7, 11) is 0. The zero-order chi connectivity index (χ0) is 14.8. The van der Waals surface area contributed by atoms with Crippen LogP contribution in [0.5, 0.6) is 5.75 Å². The number of ether oxygens (including phenoxy) is 1. The van der Waals surface area contributed by atoms with Crippen LogP contribution in [0, 0.1) is 10.1 Å². The van der Waals surface area contributed by atoms with Crippen molar-refractivity contribution in [1.29, 1.82) is 0 Å². The van der Waals surface area contributed by atoms with E-state index in [1.807, 2.05) is 25.1 Å². The third kappa shape index (κ3) is 2.71. The van der Waals surface area contributed by atoms with Crippen LogP contribution in [0.1, 0.15) is 6.92 Å². The van der Waals surface area contributed by atoms with Crippen molar-refractivity contribution < 1.29 is 9.66 Å². The molecule has 0 aliphatic rings. The van der Waals surface area contributed by atoms with Crippen molar-refractivity contribution in [3.63, 3.8) is 0 Å². The van der Waals surface area contributed by atoms with Gasteiger partial charge in [0.15, 0.2) is 0 Å². The summed E-state index contributed by atoms with van der Waals surface area (Å²) in [6.07, 6.45) is 0. The summed E-state index contributed by atoms with van der Waals surface area (Å²) >= 11 is 1.54. The second kappa shape index (κ2) is 5.49. The zero-order valence-electron chi connectivity index (χ0n) is 11.3. The summed E-state index contributed by atoms with van der Waals surface area (Å²) in [5.74, 6) is 0.823. The number of nitro benzene ring substituents is 1. The van der Waals surface area contributed by atoms with E-state index < -0.39 is 4.92 Å². The van der Waals surface area contributed by atoms with Gasteiger partial charge in [0.2, 0.25) is 0 Å². The molecule has 0 amide bonds. The summed E-state index contributed by atoms with van der Waals surface area (Å²) in [5.41, 5.74) is 1.86. The fourth-order valence-corrected chi connectivity index (χ4v) is 3.01. The number of benzene rings is 2. The lowest BCUT2D eigenvalue weighted by Crippen LogP contribution is -1.89. The molecule has 0 saturated heterocycles. The van der Waals surface area contributed by atoms with Crippen molar-refractivity contribution >= 4 is 27.2 Å². The second-order valence-electron chi connectivity index (χ2n) is 4.39. The highest BCUT2D eigenvalue weighted by Gasteiger charge is 2.10. The quantitative estimate of drug-likeness (QED) is 0.533. The molecule has 1 aromatic heterocycles. The van der Waals surface area contributed by atoms with Gasteiger partial charge in [0.05, 0.1) is 21.7 Å². The largest absolute Gasteiger partial charge is 0.494 e. The van der Waals surface area contributed by atoms with E-state index >= 15 is 0 Å². The maximum atomic E-state index is 10.7. The SMILES string of the molecule is CCOc1ccc2nc(-c3ccc([N+](=O)[O-])cc3)sc2c1. The molecule has 0 radical (unpaired) electrons. The van der Waals surface area contributed by atoms with E-state index in [9.17, 15) is 10.1 Å². The Bertz CT molecular complexity index is 796. The van der Waals surface area contributed by atoms with Crippen molar-refractivity contribution in [2.45, 2.75) is 6.92 Å². The smallest absolute Gasteiger partial charge is 0.269 e. The van der Waals surface area contributed by atoms with Crippen molar-refractivity contribution in [3.8, 4) is 16.3 Å². The third-order valence-electron chi connectivity index (χ3n) is 3.00. The topological polar surface area (TPSA) is 65.3 Å². The Hall–Kier alpha value is -2.47. The first-order chi connectivity index (χ1) is 10.2. The van der Waals surface area contributed by atoms with Gasteiger partial charge in [0.1, 0.15) is 10.8 Å². The minimum Gasteiger partial charge on any atom is -0.494 e. The van der Waals surface area contributed by atoms with Crippen molar-refractivity contribution in [2.24, 2.45) is 0 Å². The molecule has 0 aliphatic carbocycles. The van der Waals surface area contributed by atoms with Crippen LogP contribution < -0.4 is 4.74 Å². The van der Waals surface area contributed by atoms with Gasteiger partial charge in [-0.15, -0.1) is 11.3 Å². The number of hydrogen-bond donors (Lipinski definition) is 0. The summed E-state index contributed by atoms with van der Waals surface area (Å²) in [6, 6.07) is 12.2. The number of fused-ring (bicyclic) bond motifs is 1. The second-order valence-corrected chi connectivity index (χ2v) is 5.42. The number of nitro groups is 1. The molecule has 0 fully saturated rings. The van der Waals surface area contributed by atoms with E-state index in [2.05, 4.69) is 4.98 Å². The van der Waals surface area contributed by atoms with Gasteiger partial charge >= 0.3 is 0 Å². The van der Waals surface area contributed by atoms with Gasteiger partial charge in [-0.05, 0) is 37.3 Å². The van der Waals surface area contributed by atoms with Gasteiger partial charge in [-0.2, -0.15) is 0 Å². The molecule has 3 aromatic rings. The number of rotatable bonds is 4. The number of aromatic nitrogens is 1. The molecular formula is C15H12N2O3S. The highest BCUT2D eigenvalue weighted by atomic mass is 32.1. The first-order valence-electron chi connectivity index (χ1n) is 6.45. The molecule has 0 aliphatic heterocycles. The predicted molar refractivity (Wildman–Crippen MR) is 82.9 cm³/mol. The van der Waals surface area contributed by atoms with Crippen LogP contribution >= 0.6 is 11.3 Å². The molecule has 3 rings (SSSR count). The van der Waals surface area contributed by atoms with E-state index in [4.69, 9.17) is 4.74 Å². The Morgan fingerprint density at radius 2 is 2.00 bits per heavy atom. The summed E-state index contributed by atoms with van der Waals surface area (Å²) in [6.45, 7) is 2.57. The van der Waals surface area contributed by atoms with E-state index in [-0.39, 0.29) is 5.69 Å². The number of thiazole rings is 1. The number of non-ortho nitro benzene ring substituents is 1. The maximum absolute atomic E-state index is 10.7. The Morgan fingerprint density at radius 3 is 2.67 bits per heavy atom.